The van der Waals surface area contributed by atoms with E-state index in [1.165, 1.54) is 0 Å². The van der Waals surface area contributed by atoms with E-state index in [2.05, 4.69) is 10.1 Å². The summed E-state index contributed by atoms with van der Waals surface area (Å²) in [5.41, 5.74) is 0. The molecular formula is C15H20N4O3. The second-order valence-electron chi connectivity index (χ2n) is 6.45. The highest BCUT2D eigenvalue weighted by Gasteiger charge is 2.36. The number of aromatic nitrogens is 2. The lowest BCUT2D eigenvalue weighted by Crippen LogP contribution is -2.52. The summed E-state index contributed by atoms with van der Waals surface area (Å²) >= 11 is 0. The van der Waals surface area contributed by atoms with Gasteiger partial charge in [-0.2, -0.15) is 4.98 Å². The average Bonchev–Trinajstić information content (AvgIpc) is 3.44. The lowest BCUT2D eigenvalue weighted by molar-refractivity contribution is -0.145. The summed E-state index contributed by atoms with van der Waals surface area (Å²) in [6.07, 6.45) is 5.26. The molecule has 2 aliphatic carbocycles. The van der Waals surface area contributed by atoms with Crippen molar-refractivity contribution >= 4 is 11.8 Å². The maximum Gasteiger partial charge on any atom is 0.242 e. The number of hydrogen-bond donors (Lipinski definition) is 0. The minimum Gasteiger partial charge on any atom is -0.339 e. The molecule has 0 aromatic carbocycles. The Hall–Kier alpha value is -1.92. The van der Waals surface area contributed by atoms with Crippen LogP contribution in [0.5, 0.6) is 0 Å². The largest absolute Gasteiger partial charge is 0.339 e. The average molecular weight is 304 g/mol. The van der Waals surface area contributed by atoms with E-state index in [-0.39, 0.29) is 18.4 Å². The van der Waals surface area contributed by atoms with Gasteiger partial charge in [-0.25, -0.2) is 0 Å². The predicted molar refractivity (Wildman–Crippen MR) is 75.9 cm³/mol. The number of rotatable bonds is 5. The Bertz CT molecular complexity index is 591. The Morgan fingerprint density at radius 1 is 1.23 bits per heavy atom. The summed E-state index contributed by atoms with van der Waals surface area (Å²) < 4.78 is 5.17. The number of carbonyl (C=O) groups is 2. The topological polar surface area (TPSA) is 79.5 Å². The van der Waals surface area contributed by atoms with E-state index in [0.29, 0.717) is 43.8 Å². The standard InChI is InChI=1S/C15H20N4O3/c20-13(6-5-12-16-15(17-22-12)10-1-2-10)18-7-8-19(11-3-4-11)14(21)9-18/h10-11H,1-9H2. The van der Waals surface area contributed by atoms with Crippen LogP contribution in [0.25, 0.3) is 0 Å². The molecule has 2 heterocycles. The van der Waals surface area contributed by atoms with Crippen LogP contribution < -0.4 is 0 Å². The predicted octanol–water partition coefficient (Wildman–Crippen LogP) is 0.713. The summed E-state index contributed by atoms with van der Waals surface area (Å²) in [5.74, 6) is 1.83. The van der Waals surface area contributed by atoms with Crippen LogP contribution >= 0.6 is 0 Å². The summed E-state index contributed by atoms with van der Waals surface area (Å²) in [6, 6.07) is 0.434. The van der Waals surface area contributed by atoms with Gasteiger partial charge >= 0.3 is 0 Å². The molecule has 0 N–H and O–H groups in total. The van der Waals surface area contributed by atoms with Crippen molar-refractivity contribution in [1.29, 1.82) is 0 Å². The van der Waals surface area contributed by atoms with Crippen LogP contribution in [0.15, 0.2) is 4.52 Å². The molecule has 3 aliphatic rings. The molecule has 1 saturated heterocycles. The molecule has 0 radical (unpaired) electrons. The van der Waals surface area contributed by atoms with Gasteiger partial charge in [0.15, 0.2) is 5.82 Å². The van der Waals surface area contributed by atoms with Gasteiger partial charge in [0.1, 0.15) is 0 Å². The molecule has 2 amide bonds. The fourth-order valence-electron chi connectivity index (χ4n) is 2.92. The fourth-order valence-corrected chi connectivity index (χ4v) is 2.92. The highest BCUT2D eigenvalue weighted by molar-refractivity contribution is 5.86. The molecule has 1 aliphatic heterocycles. The quantitative estimate of drug-likeness (QED) is 0.800. The second-order valence-corrected chi connectivity index (χ2v) is 6.45. The van der Waals surface area contributed by atoms with Crippen molar-refractivity contribution in [3.8, 4) is 0 Å². The van der Waals surface area contributed by atoms with Crippen LogP contribution in [-0.2, 0) is 16.0 Å². The third-order valence-corrected chi connectivity index (χ3v) is 4.58. The Kier molecular flexibility index (Phi) is 3.35. The molecule has 1 aromatic rings. The van der Waals surface area contributed by atoms with Gasteiger partial charge in [-0.1, -0.05) is 5.16 Å². The molecule has 7 heteroatoms. The summed E-state index contributed by atoms with van der Waals surface area (Å²) in [5, 5.41) is 3.95. The molecule has 0 spiro atoms. The van der Waals surface area contributed by atoms with E-state index in [4.69, 9.17) is 4.52 Å². The van der Waals surface area contributed by atoms with E-state index < -0.39 is 0 Å². The summed E-state index contributed by atoms with van der Waals surface area (Å²) in [6.45, 7) is 1.52. The van der Waals surface area contributed by atoms with Crippen molar-refractivity contribution in [2.24, 2.45) is 0 Å². The molecule has 0 atom stereocenters. The Morgan fingerprint density at radius 2 is 2.05 bits per heavy atom. The van der Waals surface area contributed by atoms with Crippen molar-refractivity contribution in [3.05, 3.63) is 11.7 Å². The zero-order valence-corrected chi connectivity index (χ0v) is 12.5. The highest BCUT2D eigenvalue weighted by Crippen LogP contribution is 2.38. The van der Waals surface area contributed by atoms with Gasteiger partial charge in [-0.05, 0) is 25.7 Å². The van der Waals surface area contributed by atoms with Crippen LogP contribution in [0.1, 0.15) is 49.7 Å². The maximum atomic E-state index is 12.2. The third kappa shape index (κ3) is 2.84. The SMILES string of the molecule is O=C(CCc1nc(C2CC2)no1)N1CCN(C2CC2)C(=O)C1. The van der Waals surface area contributed by atoms with Gasteiger partial charge in [-0.3, -0.25) is 9.59 Å². The Morgan fingerprint density at radius 3 is 2.73 bits per heavy atom. The van der Waals surface area contributed by atoms with Gasteiger partial charge in [-0.15, -0.1) is 0 Å². The molecule has 22 heavy (non-hydrogen) atoms. The molecule has 3 fully saturated rings. The van der Waals surface area contributed by atoms with Crippen molar-refractivity contribution in [1.82, 2.24) is 19.9 Å². The van der Waals surface area contributed by atoms with Crippen molar-refractivity contribution < 1.29 is 14.1 Å². The van der Waals surface area contributed by atoms with Crippen molar-refractivity contribution in [3.63, 3.8) is 0 Å². The van der Waals surface area contributed by atoms with E-state index >= 15 is 0 Å². The van der Waals surface area contributed by atoms with Crippen LogP contribution in [-0.4, -0.2) is 57.4 Å². The second kappa shape index (κ2) is 5.37. The highest BCUT2D eigenvalue weighted by atomic mass is 16.5. The van der Waals surface area contributed by atoms with Gasteiger partial charge in [0.05, 0.1) is 6.54 Å². The first kappa shape index (κ1) is 13.7. The van der Waals surface area contributed by atoms with E-state index in [1.54, 1.807) is 4.90 Å². The van der Waals surface area contributed by atoms with Crippen LogP contribution in [0.2, 0.25) is 0 Å². The third-order valence-electron chi connectivity index (χ3n) is 4.58. The minimum absolute atomic E-state index is 0.00466. The van der Waals surface area contributed by atoms with Crippen LogP contribution in [0, 0.1) is 0 Å². The maximum absolute atomic E-state index is 12.2. The molecule has 0 unspecified atom stereocenters. The monoisotopic (exact) mass is 304 g/mol. The van der Waals surface area contributed by atoms with Crippen LogP contribution in [0.4, 0.5) is 0 Å². The molecule has 7 nitrogen and oxygen atoms in total. The zero-order valence-electron chi connectivity index (χ0n) is 12.5. The molecular weight excluding hydrogens is 284 g/mol. The van der Waals surface area contributed by atoms with Crippen LogP contribution in [0.3, 0.4) is 0 Å². The number of nitrogens with zero attached hydrogens (tertiary/aromatic N) is 4. The first-order valence-corrected chi connectivity index (χ1v) is 8.10. The smallest absolute Gasteiger partial charge is 0.242 e. The molecule has 118 valence electrons. The van der Waals surface area contributed by atoms with Crippen molar-refractivity contribution in [2.45, 2.75) is 50.5 Å². The lowest BCUT2D eigenvalue weighted by atomic mass is 10.2. The van der Waals surface area contributed by atoms with Crippen molar-refractivity contribution in [2.75, 3.05) is 19.6 Å². The van der Waals surface area contributed by atoms with Gasteiger partial charge in [0.25, 0.3) is 0 Å². The van der Waals surface area contributed by atoms with E-state index in [9.17, 15) is 9.59 Å². The fraction of sp³-hybridized carbons (Fsp3) is 0.733. The van der Waals surface area contributed by atoms with Gasteiger partial charge in [0.2, 0.25) is 17.7 Å². The Balaban J connectivity index is 1.27. The summed E-state index contributed by atoms with van der Waals surface area (Å²) in [4.78, 5) is 32.2. The minimum atomic E-state index is -0.00466. The Labute approximate surface area is 128 Å². The molecule has 1 aromatic heterocycles. The van der Waals surface area contributed by atoms with E-state index in [1.807, 2.05) is 4.90 Å². The van der Waals surface area contributed by atoms with E-state index in [0.717, 1.165) is 31.5 Å². The van der Waals surface area contributed by atoms with Gasteiger partial charge in [0, 0.05) is 37.9 Å². The molecule has 2 saturated carbocycles. The lowest BCUT2D eigenvalue weighted by Gasteiger charge is -2.34. The number of amides is 2. The number of hydrogen-bond acceptors (Lipinski definition) is 5. The zero-order chi connectivity index (χ0) is 15.1. The molecule has 0 bridgehead atoms. The first-order chi connectivity index (χ1) is 10.7. The number of carbonyl (C=O) groups excluding carboxylic acids is 2. The number of piperazine rings is 1. The van der Waals surface area contributed by atoms with Gasteiger partial charge < -0.3 is 14.3 Å². The summed E-state index contributed by atoms with van der Waals surface area (Å²) in [7, 11) is 0. The number of aryl methyl sites for hydroxylation is 1. The normalized spacial score (nSPS) is 22.3. The molecule has 4 rings (SSSR count). The first-order valence-electron chi connectivity index (χ1n) is 8.10.